The minimum Gasteiger partial charge on any atom is -0.322 e. The molecule has 3 heteroatoms. The van der Waals surface area contributed by atoms with Gasteiger partial charge in [-0.2, -0.15) is 0 Å². The average molecular weight is 294 g/mol. The molecule has 0 aliphatic rings. The Morgan fingerprint density at radius 1 is 1.00 bits per heavy atom. The summed E-state index contributed by atoms with van der Waals surface area (Å²) in [5.74, 6) is 0.193. The number of aryl methyl sites for hydroxylation is 3. The highest BCUT2D eigenvalue weighted by molar-refractivity contribution is 7.76. The van der Waals surface area contributed by atoms with Crippen molar-refractivity contribution in [3.8, 4) is 0 Å². The zero-order chi connectivity index (χ0) is 15.3. The van der Waals surface area contributed by atoms with Gasteiger partial charge in [0.2, 0.25) is 0 Å². The molecule has 1 rings (SSSR count). The summed E-state index contributed by atoms with van der Waals surface area (Å²) in [4.78, 5) is 12.4. The van der Waals surface area contributed by atoms with Crippen LogP contribution in [-0.4, -0.2) is 30.6 Å². The first kappa shape index (κ1) is 17.2. The lowest BCUT2D eigenvalue weighted by Crippen LogP contribution is -2.22. The van der Waals surface area contributed by atoms with Gasteiger partial charge in [-0.15, -0.1) is 0 Å². The van der Waals surface area contributed by atoms with Crippen molar-refractivity contribution in [2.45, 2.75) is 41.5 Å². The molecule has 0 aliphatic heterocycles. The number of benzene rings is 1. The first-order valence-electron chi connectivity index (χ1n) is 7.60. The van der Waals surface area contributed by atoms with Crippen molar-refractivity contribution in [1.29, 1.82) is 0 Å². The predicted molar refractivity (Wildman–Crippen MR) is 92.7 cm³/mol. The molecule has 0 bridgehead atoms. The number of hydrogen-bond acceptors (Lipinski definition) is 1. The SMILES string of the molecule is CC[P+](CC)(CC)CC(=O)Nc1c(C)cc(C)cc1C. The molecule has 0 heterocycles. The molecule has 1 aromatic carbocycles. The molecule has 0 unspecified atom stereocenters. The first-order chi connectivity index (χ1) is 9.37. The molecular weight excluding hydrogens is 265 g/mol. The largest absolute Gasteiger partial charge is 0.322 e. The summed E-state index contributed by atoms with van der Waals surface area (Å²) in [6, 6.07) is 4.26. The van der Waals surface area contributed by atoms with E-state index in [4.69, 9.17) is 0 Å². The number of rotatable bonds is 6. The van der Waals surface area contributed by atoms with Gasteiger partial charge in [0.05, 0.1) is 18.5 Å². The Balaban J connectivity index is 2.87. The van der Waals surface area contributed by atoms with Crippen LogP contribution in [0.15, 0.2) is 12.1 Å². The Hall–Kier alpha value is -0.880. The zero-order valence-electron chi connectivity index (χ0n) is 13.8. The molecule has 0 fully saturated rings. The smallest absolute Gasteiger partial charge is 0.261 e. The maximum absolute atomic E-state index is 12.4. The summed E-state index contributed by atoms with van der Waals surface area (Å²) >= 11 is 0. The van der Waals surface area contributed by atoms with Gasteiger partial charge >= 0.3 is 0 Å². The second-order valence-corrected chi connectivity index (χ2v) is 10.7. The van der Waals surface area contributed by atoms with E-state index in [0.29, 0.717) is 0 Å². The van der Waals surface area contributed by atoms with Crippen LogP contribution in [0.5, 0.6) is 0 Å². The molecule has 0 saturated carbocycles. The molecule has 0 spiro atoms. The highest BCUT2D eigenvalue weighted by Crippen LogP contribution is 2.57. The second kappa shape index (κ2) is 7.22. The summed E-state index contributed by atoms with van der Waals surface area (Å²) in [7, 11) is -1.08. The van der Waals surface area contributed by atoms with Crippen LogP contribution in [0.3, 0.4) is 0 Å². The number of nitrogens with one attached hydrogen (secondary N) is 1. The standard InChI is InChI=1S/C17H28NOP/c1-7-20(8-2,9-3)12-16(19)18-17-14(5)10-13(4)11-15(17)6/h10-11H,7-9,12H2,1-6H3/p+1. The molecule has 0 saturated heterocycles. The minimum absolute atomic E-state index is 0.193. The molecule has 1 amide bonds. The third-order valence-electron chi connectivity index (χ3n) is 4.43. The Morgan fingerprint density at radius 3 is 1.85 bits per heavy atom. The lowest BCUT2D eigenvalue weighted by Gasteiger charge is -2.23. The Kier molecular flexibility index (Phi) is 6.20. The van der Waals surface area contributed by atoms with Crippen LogP contribution in [0.1, 0.15) is 37.5 Å². The average Bonchev–Trinajstić information content (AvgIpc) is 2.40. The molecule has 112 valence electrons. The van der Waals surface area contributed by atoms with Crippen molar-refractivity contribution in [2.24, 2.45) is 0 Å². The van der Waals surface area contributed by atoms with Crippen molar-refractivity contribution >= 4 is 18.9 Å². The molecule has 0 aliphatic carbocycles. The Morgan fingerprint density at radius 2 is 1.45 bits per heavy atom. The van der Waals surface area contributed by atoms with Crippen LogP contribution < -0.4 is 5.32 Å². The fourth-order valence-corrected chi connectivity index (χ4v) is 5.57. The van der Waals surface area contributed by atoms with Gasteiger partial charge in [-0.1, -0.05) is 17.7 Å². The number of carbonyl (C=O) groups excluding carboxylic acids is 1. The summed E-state index contributed by atoms with van der Waals surface area (Å²) in [5.41, 5.74) is 4.56. The maximum Gasteiger partial charge on any atom is 0.261 e. The lowest BCUT2D eigenvalue weighted by atomic mass is 10.1. The van der Waals surface area contributed by atoms with Crippen LogP contribution >= 0.6 is 7.26 Å². The fourth-order valence-electron chi connectivity index (χ4n) is 2.87. The van der Waals surface area contributed by atoms with Crippen molar-refractivity contribution < 1.29 is 4.79 Å². The number of amides is 1. The van der Waals surface area contributed by atoms with E-state index < -0.39 is 7.26 Å². The molecule has 1 N–H and O–H groups in total. The molecular formula is C17H29NOP+. The predicted octanol–water partition coefficient (Wildman–Crippen LogP) is 4.63. The molecule has 2 nitrogen and oxygen atoms in total. The monoisotopic (exact) mass is 294 g/mol. The Labute approximate surface area is 124 Å². The highest BCUT2D eigenvalue weighted by Gasteiger charge is 2.34. The van der Waals surface area contributed by atoms with E-state index >= 15 is 0 Å². The van der Waals surface area contributed by atoms with Gasteiger partial charge in [0.25, 0.3) is 5.91 Å². The third-order valence-corrected chi connectivity index (χ3v) is 9.42. The van der Waals surface area contributed by atoms with Crippen molar-refractivity contribution in [2.75, 3.05) is 30.0 Å². The summed E-state index contributed by atoms with van der Waals surface area (Å²) in [5, 5.41) is 3.15. The lowest BCUT2D eigenvalue weighted by molar-refractivity contribution is -0.113. The van der Waals surface area contributed by atoms with Gasteiger partial charge in [0.1, 0.15) is 6.16 Å². The van der Waals surface area contributed by atoms with Gasteiger partial charge < -0.3 is 5.32 Å². The van der Waals surface area contributed by atoms with Gasteiger partial charge in [-0.3, -0.25) is 4.79 Å². The van der Waals surface area contributed by atoms with Gasteiger partial charge in [-0.05, 0) is 52.7 Å². The van der Waals surface area contributed by atoms with E-state index in [1.54, 1.807) is 0 Å². The highest BCUT2D eigenvalue weighted by atomic mass is 31.2. The minimum atomic E-state index is -1.08. The van der Waals surface area contributed by atoms with E-state index in [0.717, 1.165) is 23.0 Å². The molecule has 0 radical (unpaired) electrons. The Bertz CT molecular complexity index is 447. The number of hydrogen-bond donors (Lipinski definition) is 1. The summed E-state index contributed by atoms with van der Waals surface area (Å²) < 4.78 is 0. The van der Waals surface area contributed by atoms with E-state index in [9.17, 15) is 4.79 Å². The topological polar surface area (TPSA) is 29.1 Å². The fraction of sp³-hybridized carbons (Fsp3) is 0.588. The second-order valence-electron chi connectivity index (χ2n) is 5.77. The van der Waals surface area contributed by atoms with Gasteiger partial charge in [0, 0.05) is 12.9 Å². The van der Waals surface area contributed by atoms with Crippen molar-refractivity contribution in [1.82, 2.24) is 0 Å². The van der Waals surface area contributed by atoms with Gasteiger partial charge in [0.15, 0.2) is 0 Å². The van der Waals surface area contributed by atoms with E-state index in [-0.39, 0.29) is 5.91 Å². The zero-order valence-corrected chi connectivity index (χ0v) is 14.7. The quantitative estimate of drug-likeness (QED) is 0.762. The van der Waals surface area contributed by atoms with Crippen LogP contribution in [0.2, 0.25) is 0 Å². The molecule has 1 aromatic rings. The van der Waals surface area contributed by atoms with Crippen LogP contribution in [-0.2, 0) is 4.79 Å². The first-order valence-corrected chi connectivity index (χ1v) is 10.1. The molecule has 0 atom stereocenters. The third kappa shape index (κ3) is 4.06. The summed E-state index contributed by atoms with van der Waals surface area (Å²) in [6.45, 7) is 12.9. The van der Waals surface area contributed by atoms with Crippen molar-refractivity contribution in [3.05, 3.63) is 28.8 Å². The summed E-state index contributed by atoms with van der Waals surface area (Å²) in [6.07, 6.45) is 4.22. The number of carbonyl (C=O) groups is 1. The van der Waals surface area contributed by atoms with Crippen molar-refractivity contribution in [3.63, 3.8) is 0 Å². The van der Waals surface area contributed by atoms with E-state index in [2.05, 4.69) is 59.0 Å². The van der Waals surface area contributed by atoms with E-state index in [1.165, 1.54) is 24.0 Å². The normalized spacial score (nSPS) is 11.5. The van der Waals surface area contributed by atoms with Crippen LogP contribution in [0, 0.1) is 20.8 Å². The molecule has 20 heavy (non-hydrogen) atoms. The maximum atomic E-state index is 12.4. The van der Waals surface area contributed by atoms with Gasteiger partial charge in [-0.25, -0.2) is 0 Å². The number of anilines is 1. The van der Waals surface area contributed by atoms with Crippen LogP contribution in [0.25, 0.3) is 0 Å². The van der Waals surface area contributed by atoms with Crippen LogP contribution in [0.4, 0.5) is 5.69 Å². The van der Waals surface area contributed by atoms with E-state index in [1.807, 2.05) is 0 Å². The molecule has 0 aromatic heterocycles.